The van der Waals surface area contributed by atoms with Gasteiger partial charge in [0.25, 0.3) is 10.2 Å². The Kier molecular flexibility index (Phi) is 3.93. The summed E-state index contributed by atoms with van der Waals surface area (Å²) in [6.45, 7) is 1.63. The lowest BCUT2D eigenvalue weighted by Crippen LogP contribution is -2.50. The molecule has 0 N–H and O–H groups in total. The van der Waals surface area contributed by atoms with E-state index in [1.54, 1.807) is 14.1 Å². The van der Waals surface area contributed by atoms with Crippen molar-refractivity contribution >= 4 is 16.1 Å². The highest BCUT2D eigenvalue weighted by Crippen LogP contribution is 2.26. The fraction of sp³-hybridized carbons (Fsp3) is 0.909. The van der Waals surface area contributed by atoms with Crippen LogP contribution in [0.25, 0.3) is 0 Å². The quantitative estimate of drug-likeness (QED) is 0.721. The summed E-state index contributed by atoms with van der Waals surface area (Å²) in [5.74, 6) is -0.115. The van der Waals surface area contributed by atoms with Gasteiger partial charge in [-0.2, -0.15) is 17.0 Å². The van der Waals surface area contributed by atoms with Crippen LogP contribution in [-0.4, -0.2) is 67.6 Å². The van der Waals surface area contributed by atoms with Gasteiger partial charge in [-0.15, -0.1) is 0 Å². The molecule has 0 aromatic rings. The third-order valence-electron chi connectivity index (χ3n) is 3.62. The number of hydrogen-bond acceptors (Lipinski definition) is 3. The van der Waals surface area contributed by atoms with E-state index >= 15 is 0 Å². The molecule has 0 aliphatic carbocycles. The molecule has 2 heterocycles. The zero-order valence-corrected chi connectivity index (χ0v) is 11.8. The average Bonchev–Trinajstić information content (AvgIpc) is 2.99. The fourth-order valence-electron chi connectivity index (χ4n) is 2.63. The molecule has 2 aliphatic rings. The summed E-state index contributed by atoms with van der Waals surface area (Å²) >= 11 is 0. The first kappa shape index (κ1) is 13.8. The molecule has 2 rings (SSSR count). The van der Waals surface area contributed by atoms with Crippen LogP contribution >= 0.6 is 0 Å². The highest BCUT2D eigenvalue weighted by Gasteiger charge is 2.42. The number of likely N-dealkylation sites (N-methyl/N-ethyl adjacent to an activating group) is 1. The van der Waals surface area contributed by atoms with Crippen LogP contribution in [0.15, 0.2) is 0 Å². The molecule has 1 unspecified atom stereocenters. The van der Waals surface area contributed by atoms with Gasteiger partial charge in [0.05, 0.1) is 0 Å². The molecule has 18 heavy (non-hydrogen) atoms. The molecule has 1 amide bonds. The third-order valence-corrected chi connectivity index (χ3v) is 5.66. The summed E-state index contributed by atoms with van der Waals surface area (Å²) < 4.78 is 27.8. The topological polar surface area (TPSA) is 60.9 Å². The van der Waals surface area contributed by atoms with Crippen LogP contribution in [0.3, 0.4) is 0 Å². The highest BCUT2D eigenvalue weighted by molar-refractivity contribution is 7.86. The second-order valence-corrected chi connectivity index (χ2v) is 7.00. The standard InChI is InChI=1S/C11H21N3O3S/c1-12(2)11(15)10-6-5-9-14(10)18(16,17)13-7-3-4-8-13/h10H,3-9H2,1-2H3. The van der Waals surface area contributed by atoms with Crippen molar-refractivity contribution in [3.8, 4) is 0 Å². The van der Waals surface area contributed by atoms with Crippen molar-refractivity contribution in [2.75, 3.05) is 33.7 Å². The van der Waals surface area contributed by atoms with Crippen LogP contribution in [0, 0.1) is 0 Å². The van der Waals surface area contributed by atoms with E-state index in [4.69, 9.17) is 0 Å². The van der Waals surface area contributed by atoms with E-state index < -0.39 is 16.3 Å². The Morgan fingerprint density at radius 1 is 1.11 bits per heavy atom. The Labute approximate surface area is 109 Å². The number of amides is 1. The Balaban J connectivity index is 2.18. The van der Waals surface area contributed by atoms with Gasteiger partial charge in [-0.25, -0.2) is 0 Å². The second kappa shape index (κ2) is 5.14. The predicted molar refractivity (Wildman–Crippen MR) is 68.1 cm³/mol. The smallest absolute Gasteiger partial charge is 0.282 e. The molecule has 0 saturated carbocycles. The van der Waals surface area contributed by atoms with E-state index in [1.807, 2.05) is 0 Å². The van der Waals surface area contributed by atoms with Gasteiger partial charge in [0.15, 0.2) is 0 Å². The minimum absolute atomic E-state index is 0.115. The van der Waals surface area contributed by atoms with Crippen molar-refractivity contribution < 1.29 is 13.2 Å². The predicted octanol–water partition coefficient (Wildman–Crippen LogP) is -0.120. The highest BCUT2D eigenvalue weighted by atomic mass is 32.2. The summed E-state index contributed by atoms with van der Waals surface area (Å²) in [7, 11) is -0.111. The maximum absolute atomic E-state index is 12.5. The van der Waals surface area contributed by atoms with E-state index in [1.165, 1.54) is 13.5 Å². The Bertz CT molecular complexity index is 415. The molecule has 0 spiro atoms. The van der Waals surface area contributed by atoms with E-state index in [0.29, 0.717) is 26.1 Å². The zero-order chi connectivity index (χ0) is 13.3. The van der Waals surface area contributed by atoms with Crippen LogP contribution in [0.1, 0.15) is 25.7 Å². The normalized spacial score (nSPS) is 26.7. The van der Waals surface area contributed by atoms with Gasteiger partial charge in [0, 0.05) is 33.7 Å². The molecular weight excluding hydrogens is 254 g/mol. The SMILES string of the molecule is CN(C)C(=O)C1CCCN1S(=O)(=O)N1CCCC1. The van der Waals surface area contributed by atoms with Gasteiger partial charge in [0.2, 0.25) is 5.91 Å². The Hall–Kier alpha value is -0.660. The lowest BCUT2D eigenvalue weighted by atomic mass is 10.2. The lowest BCUT2D eigenvalue weighted by molar-refractivity contribution is -0.132. The first-order chi connectivity index (χ1) is 8.44. The molecule has 104 valence electrons. The van der Waals surface area contributed by atoms with E-state index in [0.717, 1.165) is 19.3 Å². The minimum atomic E-state index is -3.45. The number of hydrogen-bond donors (Lipinski definition) is 0. The van der Waals surface area contributed by atoms with E-state index in [2.05, 4.69) is 0 Å². The zero-order valence-electron chi connectivity index (χ0n) is 11.0. The summed E-state index contributed by atoms with van der Waals surface area (Å²) in [5.41, 5.74) is 0. The van der Waals surface area contributed by atoms with Gasteiger partial charge < -0.3 is 4.90 Å². The summed E-state index contributed by atoms with van der Waals surface area (Å²) in [6, 6.07) is -0.509. The molecular formula is C11H21N3O3S. The second-order valence-electron chi connectivity index (χ2n) is 5.12. The Morgan fingerprint density at radius 3 is 2.28 bits per heavy atom. The lowest BCUT2D eigenvalue weighted by Gasteiger charge is -2.29. The first-order valence-electron chi connectivity index (χ1n) is 6.42. The van der Waals surface area contributed by atoms with Gasteiger partial charge >= 0.3 is 0 Å². The minimum Gasteiger partial charge on any atom is -0.347 e. The summed E-state index contributed by atoms with van der Waals surface area (Å²) in [4.78, 5) is 13.5. The molecule has 2 aliphatic heterocycles. The van der Waals surface area contributed by atoms with Crippen LogP contribution in [-0.2, 0) is 15.0 Å². The molecule has 7 heteroatoms. The molecule has 0 radical (unpaired) electrons. The average molecular weight is 275 g/mol. The van der Waals surface area contributed by atoms with Crippen LogP contribution in [0.5, 0.6) is 0 Å². The summed E-state index contributed by atoms with van der Waals surface area (Å²) in [5, 5.41) is 0. The monoisotopic (exact) mass is 275 g/mol. The number of carbonyl (C=O) groups is 1. The molecule has 2 fully saturated rings. The van der Waals surface area contributed by atoms with Crippen LogP contribution in [0.4, 0.5) is 0 Å². The Morgan fingerprint density at radius 2 is 1.72 bits per heavy atom. The molecule has 0 aromatic carbocycles. The maximum Gasteiger partial charge on any atom is 0.282 e. The first-order valence-corrected chi connectivity index (χ1v) is 7.82. The van der Waals surface area contributed by atoms with Crippen molar-refractivity contribution in [2.45, 2.75) is 31.7 Å². The van der Waals surface area contributed by atoms with Gasteiger partial charge in [-0.3, -0.25) is 4.79 Å². The number of carbonyl (C=O) groups excluding carboxylic acids is 1. The number of nitrogens with zero attached hydrogens (tertiary/aromatic N) is 3. The van der Waals surface area contributed by atoms with Gasteiger partial charge in [-0.1, -0.05) is 0 Å². The largest absolute Gasteiger partial charge is 0.347 e. The van der Waals surface area contributed by atoms with Gasteiger partial charge in [0.1, 0.15) is 6.04 Å². The van der Waals surface area contributed by atoms with Crippen molar-refractivity contribution in [3.63, 3.8) is 0 Å². The van der Waals surface area contributed by atoms with Crippen molar-refractivity contribution in [1.82, 2.24) is 13.5 Å². The number of rotatable bonds is 3. The molecule has 0 bridgehead atoms. The fourth-order valence-corrected chi connectivity index (χ4v) is 4.52. The van der Waals surface area contributed by atoms with E-state index in [9.17, 15) is 13.2 Å². The third kappa shape index (κ3) is 2.39. The summed E-state index contributed by atoms with van der Waals surface area (Å²) in [6.07, 6.45) is 3.22. The molecule has 6 nitrogen and oxygen atoms in total. The molecule has 0 aromatic heterocycles. The van der Waals surface area contributed by atoms with Crippen molar-refractivity contribution in [3.05, 3.63) is 0 Å². The molecule has 2 saturated heterocycles. The van der Waals surface area contributed by atoms with Gasteiger partial charge in [-0.05, 0) is 25.7 Å². The van der Waals surface area contributed by atoms with Crippen LogP contribution < -0.4 is 0 Å². The van der Waals surface area contributed by atoms with Crippen LogP contribution in [0.2, 0.25) is 0 Å². The van der Waals surface area contributed by atoms with Crippen molar-refractivity contribution in [1.29, 1.82) is 0 Å². The molecule has 1 atom stereocenters. The van der Waals surface area contributed by atoms with Crippen molar-refractivity contribution in [2.24, 2.45) is 0 Å². The van der Waals surface area contributed by atoms with E-state index in [-0.39, 0.29) is 5.91 Å². The maximum atomic E-state index is 12.5.